The van der Waals surface area contributed by atoms with Gasteiger partial charge in [-0.2, -0.15) is 0 Å². The normalized spacial score (nSPS) is 14.5. The lowest BCUT2D eigenvalue weighted by Gasteiger charge is -2.11. The summed E-state index contributed by atoms with van der Waals surface area (Å²) in [5.74, 6) is -0.780. The minimum Gasteiger partial charge on any atom is -0.361 e. The van der Waals surface area contributed by atoms with Gasteiger partial charge in [-0.1, -0.05) is 41.9 Å². The first kappa shape index (κ1) is 19.6. The molecule has 2 amide bonds. The molecule has 1 aliphatic rings. The SMILES string of the molecule is CN(C)CCn1cc(C2=C(c3c[nH]c4ccccc34)C(=O)NC2=O)c2cccc(Cl)c21. The van der Waals surface area contributed by atoms with Crippen LogP contribution in [0.3, 0.4) is 0 Å². The third-order valence-electron chi connectivity index (χ3n) is 5.70. The van der Waals surface area contributed by atoms with Crippen LogP contribution in [0.25, 0.3) is 33.0 Å². The molecule has 0 bridgehead atoms. The Labute approximate surface area is 184 Å². The van der Waals surface area contributed by atoms with Crippen LogP contribution in [0.2, 0.25) is 5.02 Å². The predicted octanol–water partition coefficient (Wildman–Crippen LogP) is 3.90. The molecule has 31 heavy (non-hydrogen) atoms. The molecule has 2 N–H and O–H groups in total. The summed E-state index contributed by atoms with van der Waals surface area (Å²) in [5, 5.41) is 4.85. The second-order valence-corrected chi connectivity index (χ2v) is 8.36. The van der Waals surface area contributed by atoms with Gasteiger partial charge in [0.25, 0.3) is 11.8 Å². The summed E-state index contributed by atoms with van der Waals surface area (Å²) in [6.45, 7) is 1.52. The van der Waals surface area contributed by atoms with E-state index in [1.807, 2.05) is 62.8 Å². The molecule has 1 aliphatic heterocycles. The monoisotopic (exact) mass is 432 g/mol. The van der Waals surface area contributed by atoms with Crippen LogP contribution in [0.1, 0.15) is 11.1 Å². The van der Waals surface area contributed by atoms with Crippen molar-refractivity contribution in [1.82, 2.24) is 19.8 Å². The highest BCUT2D eigenvalue weighted by Gasteiger charge is 2.35. The van der Waals surface area contributed by atoms with Crippen LogP contribution in [-0.4, -0.2) is 46.9 Å². The summed E-state index contributed by atoms with van der Waals surface area (Å²) < 4.78 is 2.06. The number of fused-ring (bicyclic) bond motifs is 2. The number of benzene rings is 2. The Morgan fingerprint density at radius 2 is 1.65 bits per heavy atom. The Morgan fingerprint density at radius 1 is 0.935 bits per heavy atom. The predicted molar refractivity (Wildman–Crippen MR) is 124 cm³/mol. The number of carbonyl (C=O) groups is 2. The van der Waals surface area contributed by atoms with E-state index in [1.54, 1.807) is 6.20 Å². The highest BCUT2D eigenvalue weighted by atomic mass is 35.5. The molecule has 3 heterocycles. The average Bonchev–Trinajstić information content (AvgIpc) is 3.40. The van der Waals surface area contributed by atoms with Gasteiger partial charge in [-0.05, 0) is 26.2 Å². The second kappa shape index (κ2) is 7.41. The number of amides is 2. The van der Waals surface area contributed by atoms with Crippen LogP contribution in [0.5, 0.6) is 0 Å². The molecule has 0 atom stereocenters. The number of para-hydroxylation sites is 2. The Balaban J connectivity index is 1.78. The first-order valence-electron chi connectivity index (χ1n) is 10.0. The first-order valence-corrected chi connectivity index (χ1v) is 10.4. The lowest BCUT2D eigenvalue weighted by molar-refractivity contribution is -0.122. The smallest absolute Gasteiger partial charge is 0.259 e. The molecule has 2 aromatic heterocycles. The largest absolute Gasteiger partial charge is 0.361 e. The molecule has 0 radical (unpaired) electrons. The molecule has 4 aromatic rings. The molecule has 0 aliphatic carbocycles. The van der Waals surface area contributed by atoms with E-state index in [9.17, 15) is 9.59 Å². The third kappa shape index (κ3) is 3.15. The Kier molecular flexibility index (Phi) is 4.68. The van der Waals surface area contributed by atoms with Gasteiger partial charge in [-0.15, -0.1) is 0 Å². The van der Waals surface area contributed by atoms with Gasteiger partial charge in [-0.25, -0.2) is 0 Å². The van der Waals surface area contributed by atoms with E-state index in [1.165, 1.54) is 0 Å². The number of aromatic nitrogens is 2. The van der Waals surface area contributed by atoms with Crippen LogP contribution < -0.4 is 5.32 Å². The molecule has 156 valence electrons. The number of nitrogens with zero attached hydrogens (tertiary/aromatic N) is 2. The van der Waals surface area contributed by atoms with Crippen molar-refractivity contribution < 1.29 is 9.59 Å². The van der Waals surface area contributed by atoms with E-state index in [0.717, 1.165) is 28.4 Å². The Morgan fingerprint density at radius 3 is 2.42 bits per heavy atom. The number of hydrogen-bond donors (Lipinski definition) is 2. The first-order chi connectivity index (χ1) is 15.0. The molecule has 5 rings (SSSR count). The van der Waals surface area contributed by atoms with E-state index >= 15 is 0 Å². The summed E-state index contributed by atoms with van der Waals surface area (Å²) >= 11 is 6.55. The Hall–Kier alpha value is -3.35. The standard InChI is InChI=1S/C24H21ClN4O2/c1-28(2)10-11-29-13-17(15-7-5-8-18(25)22(15)29)21-20(23(30)27-24(21)31)16-12-26-19-9-4-3-6-14(16)19/h3-9,12-13,26H,10-11H2,1-2H3,(H,27,30,31). The zero-order valence-electron chi connectivity index (χ0n) is 17.2. The number of nitrogens with one attached hydrogen (secondary N) is 2. The molecule has 0 fully saturated rings. The van der Waals surface area contributed by atoms with Crippen molar-refractivity contribution in [1.29, 1.82) is 0 Å². The average molecular weight is 433 g/mol. The van der Waals surface area contributed by atoms with Crippen LogP contribution in [0.4, 0.5) is 0 Å². The van der Waals surface area contributed by atoms with Crippen molar-refractivity contribution >= 4 is 56.4 Å². The van der Waals surface area contributed by atoms with E-state index in [2.05, 4.69) is 19.8 Å². The summed E-state index contributed by atoms with van der Waals surface area (Å²) in [6.07, 6.45) is 3.72. The maximum absolute atomic E-state index is 13.0. The van der Waals surface area contributed by atoms with Gasteiger partial charge in [0.15, 0.2) is 0 Å². The van der Waals surface area contributed by atoms with E-state index in [4.69, 9.17) is 11.6 Å². The number of aromatic amines is 1. The van der Waals surface area contributed by atoms with Crippen LogP contribution in [-0.2, 0) is 16.1 Å². The Bertz CT molecular complexity index is 1390. The summed E-state index contributed by atoms with van der Waals surface area (Å²) in [6, 6.07) is 13.4. The van der Waals surface area contributed by atoms with Gasteiger partial charge >= 0.3 is 0 Å². The molecule has 0 unspecified atom stereocenters. The lowest BCUT2D eigenvalue weighted by Crippen LogP contribution is -2.22. The number of rotatable bonds is 5. The summed E-state index contributed by atoms with van der Waals surface area (Å²) in [4.78, 5) is 31.2. The van der Waals surface area contributed by atoms with Gasteiger partial charge in [0.2, 0.25) is 0 Å². The maximum atomic E-state index is 13.0. The summed E-state index contributed by atoms with van der Waals surface area (Å²) in [7, 11) is 4.02. The minimum absolute atomic E-state index is 0.380. The zero-order chi connectivity index (χ0) is 21.7. The number of carbonyl (C=O) groups excluding carboxylic acids is 2. The van der Waals surface area contributed by atoms with E-state index < -0.39 is 5.91 Å². The van der Waals surface area contributed by atoms with Gasteiger partial charge in [0.05, 0.1) is 21.7 Å². The number of H-pyrrole nitrogens is 1. The van der Waals surface area contributed by atoms with Crippen molar-refractivity contribution in [2.24, 2.45) is 0 Å². The van der Waals surface area contributed by atoms with Crippen LogP contribution in [0.15, 0.2) is 54.9 Å². The maximum Gasteiger partial charge on any atom is 0.259 e. The van der Waals surface area contributed by atoms with Crippen LogP contribution in [0, 0.1) is 0 Å². The molecular weight excluding hydrogens is 412 g/mol. The molecule has 7 heteroatoms. The fourth-order valence-corrected chi connectivity index (χ4v) is 4.53. The number of halogens is 1. The number of likely N-dealkylation sites (N-methyl/N-ethyl adjacent to an activating group) is 1. The zero-order valence-corrected chi connectivity index (χ0v) is 18.0. The van der Waals surface area contributed by atoms with Crippen molar-refractivity contribution in [3.05, 3.63) is 71.0 Å². The second-order valence-electron chi connectivity index (χ2n) is 7.96. The molecule has 0 saturated heterocycles. The topological polar surface area (TPSA) is 70.1 Å². The van der Waals surface area contributed by atoms with Gasteiger partial charge in [0, 0.05) is 52.9 Å². The van der Waals surface area contributed by atoms with E-state index in [0.29, 0.717) is 33.8 Å². The lowest BCUT2D eigenvalue weighted by atomic mass is 9.95. The molecule has 0 spiro atoms. The van der Waals surface area contributed by atoms with Gasteiger partial charge < -0.3 is 14.5 Å². The molecule has 6 nitrogen and oxygen atoms in total. The van der Waals surface area contributed by atoms with Crippen molar-refractivity contribution in [2.75, 3.05) is 20.6 Å². The summed E-state index contributed by atoms with van der Waals surface area (Å²) in [5.41, 5.74) is 3.96. The quantitative estimate of drug-likeness (QED) is 0.470. The minimum atomic E-state index is -0.392. The molecule has 2 aromatic carbocycles. The van der Waals surface area contributed by atoms with Crippen molar-refractivity contribution in [2.45, 2.75) is 6.54 Å². The number of imide groups is 1. The highest BCUT2D eigenvalue weighted by molar-refractivity contribution is 6.51. The van der Waals surface area contributed by atoms with Crippen LogP contribution >= 0.6 is 11.6 Å². The van der Waals surface area contributed by atoms with Gasteiger partial charge in [0.1, 0.15) is 0 Å². The number of hydrogen-bond acceptors (Lipinski definition) is 3. The highest BCUT2D eigenvalue weighted by Crippen LogP contribution is 2.39. The molecular formula is C24H21ClN4O2. The van der Waals surface area contributed by atoms with Gasteiger partial charge in [-0.3, -0.25) is 14.9 Å². The molecule has 0 saturated carbocycles. The fraction of sp³-hybridized carbons (Fsp3) is 0.167. The van der Waals surface area contributed by atoms with E-state index in [-0.39, 0.29) is 5.91 Å². The fourth-order valence-electron chi connectivity index (χ4n) is 4.25. The van der Waals surface area contributed by atoms with Crippen molar-refractivity contribution in [3.63, 3.8) is 0 Å². The third-order valence-corrected chi connectivity index (χ3v) is 6.00. The van der Waals surface area contributed by atoms with Crippen molar-refractivity contribution in [3.8, 4) is 0 Å².